The second-order valence-corrected chi connectivity index (χ2v) is 39.8. The van der Waals surface area contributed by atoms with E-state index in [-0.39, 0.29) is 75.3 Å². The average molecular weight is 1520 g/mol. The zero-order chi connectivity index (χ0) is 73.8. The van der Waals surface area contributed by atoms with Crippen molar-refractivity contribution in [1.82, 2.24) is 9.80 Å². The first kappa shape index (κ1) is 88.5. The fraction of sp³-hybridized carbons (Fsp3) is 0.342. The fourth-order valence-electron chi connectivity index (χ4n) is 10.2. The van der Waals surface area contributed by atoms with Gasteiger partial charge in [-0.1, -0.05) is 206 Å². The summed E-state index contributed by atoms with van der Waals surface area (Å²) in [5, 5.41) is 4.10. The number of furan rings is 2. The van der Waals surface area contributed by atoms with Crippen molar-refractivity contribution in [3.05, 3.63) is 264 Å². The van der Waals surface area contributed by atoms with Crippen LogP contribution in [-0.4, -0.2) is 122 Å². The van der Waals surface area contributed by atoms with E-state index in [1.165, 1.54) is 50.0 Å². The second-order valence-electron chi connectivity index (χ2n) is 26.3. The van der Waals surface area contributed by atoms with E-state index >= 15 is 0 Å². The molecule has 26 heteroatoms. The van der Waals surface area contributed by atoms with E-state index in [2.05, 4.69) is 208 Å². The first-order valence-electron chi connectivity index (χ1n) is 32.4. The van der Waals surface area contributed by atoms with Gasteiger partial charge in [0.05, 0.1) is 57.0 Å². The summed E-state index contributed by atoms with van der Waals surface area (Å²) in [7, 11) is -11.7. The first-order chi connectivity index (χ1) is 47.1. The number of hydrogen-bond donors (Lipinski definition) is 0. The quantitative estimate of drug-likeness (QED) is 0.0154. The lowest BCUT2D eigenvalue weighted by Gasteiger charge is -2.36. The van der Waals surface area contributed by atoms with Gasteiger partial charge in [-0.25, -0.2) is 12.8 Å². The lowest BCUT2D eigenvalue weighted by atomic mass is 9.78. The molecule has 0 aliphatic rings. The van der Waals surface area contributed by atoms with E-state index < -0.39 is 69.5 Å². The summed E-state index contributed by atoms with van der Waals surface area (Å²) in [5.41, 5.74) is 5.73. The van der Waals surface area contributed by atoms with E-state index in [4.69, 9.17) is 35.3 Å². The van der Waals surface area contributed by atoms with Gasteiger partial charge >= 0.3 is 31.9 Å². The largest absolute Gasteiger partial charge is 1.00 e. The smallest absolute Gasteiger partial charge is 0.335 e. The second kappa shape index (κ2) is 40.9. The SMILES string of the molecule is CN=P(c1ccccc1)(c1ccccc1)c1ccccc1.COc1ccc(C(C)(C)c2ccc(OS(=O)(=O)CCN(CCS(C)(=O)=O)Cc3ccco3)cc2)cc1.Cc1ccc(C(C)(C)c2ccc(O[Si](C)(C)C(C)(C)C)cc2)cc1.F.O=S(=O)(F)CCN(CCF)Cc1ccco1.O=S=O.[F-]. The van der Waals surface area contributed by atoms with Crippen LogP contribution in [0.4, 0.5) is 13.0 Å². The van der Waals surface area contributed by atoms with Crippen molar-refractivity contribution in [2.45, 2.75) is 97.4 Å². The molecule has 0 saturated carbocycles. The topological polar surface area (TPSA) is 209 Å². The van der Waals surface area contributed by atoms with E-state index in [0.29, 0.717) is 18.1 Å². The van der Waals surface area contributed by atoms with Gasteiger partial charge in [0.2, 0.25) is 8.32 Å². The van der Waals surface area contributed by atoms with E-state index in [1.807, 2.05) is 43.4 Å². The number of hydrogen-bond acceptors (Lipinski definition) is 16. The molecule has 0 unspecified atom stereocenters. The van der Waals surface area contributed by atoms with Gasteiger partial charge in [-0.2, -0.15) is 25.3 Å². The molecule has 7 aromatic carbocycles. The minimum Gasteiger partial charge on any atom is -1.00 e. The molecular weight excluding hydrogens is 1430 g/mol. The monoisotopic (exact) mass is 1520 g/mol. The molecule has 9 rings (SSSR count). The van der Waals surface area contributed by atoms with Gasteiger partial charge in [0.1, 0.15) is 45.3 Å². The Morgan fingerprint density at radius 2 is 0.873 bits per heavy atom. The number of nitrogens with zero attached hydrogens (tertiary/aromatic N) is 3. The summed E-state index contributed by atoms with van der Waals surface area (Å²) < 4.78 is 143. The number of methoxy groups -OCH3 is 1. The predicted molar refractivity (Wildman–Crippen MR) is 407 cm³/mol. The maximum absolute atomic E-state index is 12.7. The van der Waals surface area contributed by atoms with Crippen molar-refractivity contribution in [3.8, 4) is 17.2 Å². The summed E-state index contributed by atoms with van der Waals surface area (Å²) in [6.45, 7) is 22.5. The Labute approximate surface area is 606 Å². The fourth-order valence-corrected chi connectivity index (χ4v) is 16.7. The Morgan fingerprint density at radius 1 is 0.520 bits per heavy atom. The Balaban J connectivity index is 0.000000360. The molecule has 0 radical (unpaired) electrons. The van der Waals surface area contributed by atoms with E-state index in [1.54, 1.807) is 48.4 Å². The van der Waals surface area contributed by atoms with Gasteiger partial charge in [0.25, 0.3) is 0 Å². The van der Waals surface area contributed by atoms with Gasteiger partial charge in [-0.15, -0.1) is 3.89 Å². The van der Waals surface area contributed by atoms with Crippen molar-refractivity contribution in [1.29, 1.82) is 0 Å². The first-order valence-corrected chi connectivity index (χ1v) is 42.9. The van der Waals surface area contributed by atoms with E-state index in [0.717, 1.165) is 28.9 Å². The van der Waals surface area contributed by atoms with Gasteiger partial charge in [-0.3, -0.25) is 19.2 Å². The summed E-state index contributed by atoms with van der Waals surface area (Å²) in [5.74, 6) is 2.19. The molecular formula is C76H97F4N3O13PS4Si-. The molecule has 0 aliphatic carbocycles. The maximum Gasteiger partial charge on any atom is 0.335 e. The third-order valence-electron chi connectivity index (χ3n) is 17.2. The number of rotatable bonds is 27. The standard InChI is InChI=1S/C26H33NO7S2.C22H32OSi.C19H18NP.C9H13F2NO3S.2FH.O2S/c1-26(2,21-7-11-23(32-3)12-8-21)22-9-13-24(14-10-22)34-36(30,31)19-16-27(15-18-35(4,28)29)20-25-6-5-17-33-25;1-17-9-11-18(12-10-17)22(5,6)19-13-15-20(16-14-19)23-24(7,8)21(2,3)4;1-20-21(17-11-5-2-6-12-17,18-13-7-3-8-14-18)19-15-9-4-10-16-19;10-3-4-12(5-7-16(11,13)14)8-9-2-1-6-15-9;;;1-3-2/h5-14,17H,15-16,18-20H2,1-4H3;9-16H,1-8H3;2-16H,1H3;1-2,6H,3-5,7-8H2;2*1H;/p-1. The minimum absolute atomic E-state index is 0. The third-order valence-corrected chi connectivity index (χ3v) is 28.1. The number of halogens is 4. The molecule has 0 spiro atoms. The molecule has 0 atom stereocenters. The molecule has 2 aromatic heterocycles. The zero-order valence-electron chi connectivity index (χ0n) is 60.2. The lowest BCUT2D eigenvalue weighted by Crippen LogP contribution is -3.00. The zero-order valence-corrected chi connectivity index (χ0v) is 65.4. The Morgan fingerprint density at radius 3 is 1.21 bits per heavy atom. The Hall–Kier alpha value is -7.74. The molecule has 0 fully saturated rings. The van der Waals surface area contributed by atoms with Crippen LogP contribution >= 0.6 is 7.05 Å². The highest BCUT2D eigenvalue weighted by Crippen LogP contribution is 2.46. The van der Waals surface area contributed by atoms with Crippen molar-refractivity contribution in [3.63, 3.8) is 0 Å². The molecule has 0 bridgehead atoms. The van der Waals surface area contributed by atoms with Gasteiger partial charge in [0.15, 0.2) is 0 Å². The normalized spacial score (nSPS) is 11.8. The van der Waals surface area contributed by atoms with Gasteiger partial charge < -0.3 is 26.9 Å². The molecule has 0 amide bonds. The molecule has 0 aliphatic heterocycles. The van der Waals surface area contributed by atoms with Crippen LogP contribution in [0.5, 0.6) is 17.2 Å². The molecule has 556 valence electrons. The van der Waals surface area contributed by atoms with Crippen molar-refractivity contribution < 1.29 is 73.5 Å². The van der Waals surface area contributed by atoms with Crippen molar-refractivity contribution in [2.24, 2.45) is 4.74 Å². The molecule has 0 saturated heterocycles. The summed E-state index contributed by atoms with van der Waals surface area (Å²) in [6.07, 6.45) is 4.13. The van der Waals surface area contributed by atoms with Crippen molar-refractivity contribution >= 4 is 73.0 Å². The average Bonchev–Trinajstić information content (AvgIpc) is 0.889. The molecule has 9 aromatic rings. The summed E-state index contributed by atoms with van der Waals surface area (Å²) in [6, 6.07) is 71.1. The maximum atomic E-state index is 12.7. The lowest BCUT2D eigenvalue weighted by molar-refractivity contribution is -0.0000353. The van der Waals surface area contributed by atoms with Crippen LogP contribution in [0.1, 0.15) is 87.8 Å². The van der Waals surface area contributed by atoms with Crippen LogP contribution in [-0.2, 0) is 65.7 Å². The number of aryl methyl sites for hydroxylation is 1. The van der Waals surface area contributed by atoms with Crippen LogP contribution in [0.3, 0.4) is 0 Å². The third kappa shape index (κ3) is 28.1. The van der Waals surface area contributed by atoms with Crippen LogP contribution in [0.15, 0.2) is 238 Å². The van der Waals surface area contributed by atoms with Gasteiger partial charge in [-0.05, 0) is 108 Å². The predicted octanol–water partition coefficient (Wildman–Crippen LogP) is 12.2. The highest BCUT2D eigenvalue weighted by Gasteiger charge is 2.39. The summed E-state index contributed by atoms with van der Waals surface area (Å²) >= 11 is -0.750. The minimum atomic E-state index is -4.51. The van der Waals surface area contributed by atoms with Crippen molar-refractivity contribution in [2.75, 3.05) is 70.5 Å². The Kier molecular flexibility index (Phi) is 35.5. The number of sulfone groups is 1. The van der Waals surface area contributed by atoms with Crippen LogP contribution < -0.4 is 34.0 Å². The molecule has 0 N–H and O–H groups in total. The highest BCUT2D eigenvalue weighted by atomic mass is 32.3. The van der Waals surface area contributed by atoms with Crippen LogP contribution in [0.25, 0.3) is 0 Å². The van der Waals surface area contributed by atoms with Crippen LogP contribution in [0.2, 0.25) is 18.1 Å². The Bertz CT molecular complexity index is 4230. The molecule has 16 nitrogen and oxygen atoms in total. The number of ether oxygens (including phenoxy) is 1. The number of benzene rings is 7. The van der Waals surface area contributed by atoms with Crippen LogP contribution in [0, 0.1) is 6.92 Å². The summed E-state index contributed by atoms with van der Waals surface area (Å²) in [4.78, 5) is 3.21. The van der Waals surface area contributed by atoms with Gasteiger partial charge in [0, 0.05) is 66.2 Å². The highest BCUT2D eigenvalue weighted by molar-refractivity contribution is 7.90. The molecule has 102 heavy (non-hydrogen) atoms. The number of alkyl halides is 1. The molecule has 2 heterocycles. The van der Waals surface area contributed by atoms with E-state index in [9.17, 15) is 33.5 Å².